The zero-order valence-electron chi connectivity index (χ0n) is 13.0. The molecule has 1 amide bonds. The van der Waals surface area contributed by atoms with Crippen molar-refractivity contribution in [1.82, 2.24) is 15.5 Å². The summed E-state index contributed by atoms with van der Waals surface area (Å²) in [6, 6.07) is 1.90. The smallest absolute Gasteiger partial charge is 0.237 e. The first-order valence-electron chi connectivity index (χ1n) is 9.10. The zero-order chi connectivity index (χ0) is 14.2. The molecule has 2 N–H and O–H groups in total. The van der Waals surface area contributed by atoms with Crippen LogP contribution < -0.4 is 10.6 Å². The number of hydrogen-bond acceptors (Lipinski definition) is 3. The molecule has 0 aromatic carbocycles. The van der Waals surface area contributed by atoms with Crippen LogP contribution in [0.15, 0.2) is 0 Å². The van der Waals surface area contributed by atoms with Gasteiger partial charge in [0, 0.05) is 31.2 Å². The van der Waals surface area contributed by atoms with E-state index in [0.29, 0.717) is 12.1 Å². The summed E-state index contributed by atoms with van der Waals surface area (Å²) in [6.07, 6.45) is 11.5. The van der Waals surface area contributed by atoms with Crippen molar-refractivity contribution in [3.05, 3.63) is 0 Å². The fraction of sp³-hybridized carbons (Fsp3) is 0.941. The van der Waals surface area contributed by atoms with Crippen molar-refractivity contribution in [1.29, 1.82) is 0 Å². The summed E-state index contributed by atoms with van der Waals surface area (Å²) in [4.78, 5) is 15.1. The number of fused-ring (bicyclic) bond motifs is 1. The lowest BCUT2D eigenvalue weighted by Crippen LogP contribution is -2.56. The SMILES string of the molecule is O=C(NC1CCN(C2CC2)C1)C1CCC2CCCCC2N1. The second kappa shape index (κ2) is 5.88. The van der Waals surface area contributed by atoms with Gasteiger partial charge < -0.3 is 10.6 Å². The van der Waals surface area contributed by atoms with Crippen molar-refractivity contribution < 1.29 is 4.79 Å². The third-order valence-corrected chi connectivity index (χ3v) is 6.10. The third-order valence-electron chi connectivity index (χ3n) is 6.10. The van der Waals surface area contributed by atoms with Gasteiger partial charge in [-0.05, 0) is 50.9 Å². The molecule has 0 radical (unpaired) electrons. The van der Waals surface area contributed by atoms with Crippen LogP contribution in [-0.4, -0.2) is 48.1 Å². The number of rotatable bonds is 3. The fourth-order valence-corrected chi connectivity index (χ4v) is 4.68. The van der Waals surface area contributed by atoms with Crippen LogP contribution in [0.4, 0.5) is 0 Å². The molecular weight excluding hydrogens is 262 g/mol. The van der Waals surface area contributed by atoms with Crippen molar-refractivity contribution in [2.45, 2.75) is 82.0 Å². The molecule has 4 nitrogen and oxygen atoms in total. The summed E-state index contributed by atoms with van der Waals surface area (Å²) in [5.41, 5.74) is 0. The highest BCUT2D eigenvalue weighted by Gasteiger charge is 2.37. The average molecular weight is 291 g/mol. The van der Waals surface area contributed by atoms with Crippen molar-refractivity contribution in [3.63, 3.8) is 0 Å². The summed E-state index contributed by atoms with van der Waals surface area (Å²) in [5.74, 6) is 1.10. The Morgan fingerprint density at radius 2 is 1.86 bits per heavy atom. The van der Waals surface area contributed by atoms with Gasteiger partial charge in [-0.3, -0.25) is 9.69 Å². The number of hydrogen-bond donors (Lipinski definition) is 2. The summed E-state index contributed by atoms with van der Waals surface area (Å²) in [7, 11) is 0. The van der Waals surface area contributed by atoms with E-state index >= 15 is 0 Å². The Morgan fingerprint density at radius 1 is 1.00 bits per heavy atom. The lowest BCUT2D eigenvalue weighted by molar-refractivity contribution is -0.125. The molecule has 118 valence electrons. The molecule has 2 heterocycles. The molecule has 4 rings (SSSR count). The van der Waals surface area contributed by atoms with Crippen molar-refractivity contribution >= 4 is 5.91 Å². The molecule has 4 atom stereocenters. The Balaban J connectivity index is 1.27. The van der Waals surface area contributed by atoms with E-state index < -0.39 is 0 Å². The first-order chi connectivity index (χ1) is 10.3. The Morgan fingerprint density at radius 3 is 2.71 bits per heavy atom. The topological polar surface area (TPSA) is 44.4 Å². The molecule has 2 saturated carbocycles. The van der Waals surface area contributed by atoms with Crippen LogP contribution in [0.5, 0.6) is 0 Å². The van der Waals surface area contributed by atoms with E-state index in [-0.39, 0.29) is 11.9 Å². The average Bonchev–Trinajstić information content (AvgIpc) is 3.27. The van der Waals surface area contributed by atoms with Crippen LogP contribution in [0.25, 0.3) is 0 Å². The standard InChI is InChI=1S/C17H29N3O/c21-17(18-13-9-10-20(11-13)14-6-7-14)16-8-5-12-3-1-2-4-15(12)19-16/h12-16,19H,1-11H2,(H,18,21). The predicted molar refractivity (Wildman–Crippen MR) is 83.0 cm³/mol. The maximum atomic E-state index is 12.5. The van der Waals surface area contributed by atoms with Gasteiger partial charge in [0.1, 0.15) is 0 Å². The lowest BCUT2D eigenvalue weighted by Gasteiger charge is -2.40. The Labute approximate surface area is 128 Å². The molecule has 2 saturated heterocycles. The number of nitrogens with one attached hydrogen (secondary N) is 2. The molecule has 2 aliphatic heterocycles. The highest BCUT2D eigenvalue weighted by atomic mass is 16.2. The Hall–Kier alpha value is -0.610. The summed E-state index contributed by atoms with van der Waals surface area (Å²) in [6.45, 7) is 2.26. The molecule has 4 unspecified atom stereocenters. The van der Waals surface area contributed by atoms with Gasteiger partial charge in [-0.15, -0.1) is 0 Å². The van der Waals surface area contributed by atoms with Crippen molar-refractivity contribution in [2.24, 2.45) is 5.92 Å². The van der Waals surface area contributed by atoms with E-state index in [9.17, 15) is 4.79 Å². The van der Waals surface area contributed by atoms with Gasteiger partial charge >= 0.3 is 0 Å². The number of piperidine rings is 1. The number of likely N-dealkylation sites (tertiary alicyclic amines) is 1. The van der Waals surface area contributed by atoms with Crippen LogP contribution in [-0.2, 0) is 4.79 Å². The minimum atomic E-state index is 0.0688. The van der Waals surface area contributed by atoms with Crippen LogP contribution in [0.2, 0.25) is 0 Å². The number of nitrogens with zero attached hydrogens (tertiary/aromatic N) is 1. The van der Waals surface area contributed by atoms with Gasteiger partial charge in [0.2, 0.25) is 5.91 Å². The summed E-state index contributed by atoms with van der Waals surface area (Å²) < 4.78 is 0. The minimum Gasteiger partial charge on any atom is -0.351 e. The van der Waals surface area contributed by atoms with E-state index in [2.05, 4.69) is 15.5 Å². The van der Waals surface area contributed by atoms with Crippen LogP contribution >= 0.6 is 0 Å². The van der Waals surface area contributed by atoms with Gasteiger partial charge in [-0.2, -0.15) is 0 Å². The number of carbonyl (C=O) groups is 1. The van der Waals surface area contributed by atoms with Crippen molar-refractivity contribution in [3.8, 4) is 0 Å². The summed E-state index contributed by atoms with van der Waals surface area (Å²) in [5, 5.41) is 6.96. The second-order valence-electron chi connectivity index (χ2n) is 7.67. The highest BCUT2D eigenvalue weighted by molar-refractivity contribution is 5.82. The Kier molecular flexibility index (Phi) is 3.92. The van der Waals surface area contributed by atoms with Gasteiger partial charge in [-0.25, -0.2) is 0 Å². The predicted octanol–water partition coefficient (Wildman–Crippen LogP) is 1.65. The van der Waals surface area contributed by atoms with Gasteiger partial charge in [0.25, 0.3) is 0 Å². The molecule has 4 aliphatic rings. The Bertz CT molecular complexity index is 395. The molecule has 0 aromatic rings. The zero-order valence-corrected chi connectivity index (χ0v) is 13.0. The largest absolute Gasteiger partial charge is 0.351 e. The molecule has 21 heavy (non-hydrogen) atoms. The molecular formula is C17H29N3O. The first kappa shape index (κ1) is 14.0. The summed E-state index contributed by atoms with van der Waals surface area (Å²) >= 11 is 0. The quantitative estimate of drug-likeness (QED) is 0.831. The number of amides is 1. The highest BCUT2D eigenvalue weighted by Crippen LogP contribution is 2.32. The van der Waals surface area contributed by atoms with E-state index in [1.807, 2.05) is 0 Å². The van der Waals surface area contributed by atoms with Crippen LogP contribution in [0.1, 0.15) is 57.8 Å². The maximum absolute atomic E-state index is 12.5. The normalized spacial score (nSPS) is 40.8. The lowest BCUT2D eigenvalue weighted by atomic mass is 9.77. The van der Waals surface area contributed by atoms with Crippen LogP contribution in [0.3, 0.4) is 0 Å². The number of carbonyl (C=O) groups excluding carboxylic acids is 1. The van der Waals surface area contributed by atoms with E-state index in [4.69, 9.17) is 0 Å². The van der Waals surface area contributed by atoms with E-state index in [1.165, 1.54) is 51.5 Å². The molecule has 4 heteroatoms. The van der Waals surface area contributed by atoms with Crippen LogP contribution in [0, 0.1) is 5.92 Å². The monoisotopic (exact) mass is 291 g/mol. The second-order valence-corrected chi connectivity index (χ2v) is 7.67. The fourth-order valence-electron chi connectivity index (χ4n) is 4.68. The first-order valence-corrected chi connectivity index (χ1v) is 9.10. The molecule has 4 fully saturated rings. The minimum absolute atomic E-state index is 0.0688. The van der Waals surface area contributed by atoms with Gasteiger partial charge in [0.05, 0.1) is 6.04 Å². The third kappa shape index (κ3) is 3.11. The molecule has 2 aliphatic carbocycles. The molecule has 0 spiro atoms. The van der Waals surface area contributed by atoms with Gasteiger partial charge in [-0.1, -0.05) is 12.8 Å². The van der Waals surface area contributed by atoms with E-state index in [0.717, 1.165) is 31.3 Å². The maximum Gasteiger partial charge on any atom is 0.237 e. The van der Waals surface area contributed by atoms with Crippen molar-refractivity contribution in [2.75, 3.05) is 13.1 Å². The molecule has 0 aromatic heterocycles. The van der Waals surface area contributed by atoms with E-state index in [1.54, 1.807) is 0 Å². The molecule has 0 bridgehead atoms. The van der Waals surface area contributed by atoms with Gasteiger partial charge in [0.15, 0.2) is 0 Å².